The van der Waals surface area contributed by atoms with E-state index < -0.39 is 0 Å². The highest BCUT2D eigenvalue weighted by molar-refractivity contribution is 6.32. The largest absolute Gasteiger partial charge is 0.493 e. The molecule has 1 aromatic carbocycles. The van der Waals surface area contributed by atoms with Crippen LogP contribution < -0.4 is 15.2 Å². The molecule has 0 atom stereocenters. The molecule has 2 aliphatic carbocycles. The number of methoxy groups -OCH3 is 1. The summed E-state index contributed by atoms with van der Waals surface area (Å²) in [5.41, 5.74) is 7.15. The number of nitrogens with two attached hydrogens (primary N) is 1. The first-order valence-electron chi connectivity index (χ1n) is 6.46. The van der Waals surface area contributed by atoms with E-state index in [9.17, 15) is 0 Å². The van der Waals surface area contributed by atoms with Crippen LogP contribution in [0.1, 0.15) is 37.7 Å². The molecule has 4 heteroatoms. The lowest BCUT2D eigenvalue weighted by atomic mass is 9.73. The number of benzene rings is 1. The van der Waals surface area contributed by atoms with Gasteiger partial charge in [-0.05, 0) is 49.8 Å². The van der Waals surface area contributed by atoms with E-state index in [4.69, 9.17) is 26.8 Å². The fraction of sp³-hybridized carbons (Fsp3) is 0.571. The highest BCUT2D eigenvalue weighted by Crippen LogP contribution is 2.46. The van der Waals surface area contributed by atoms with Crippen LogP contribution in [-0.4, -0.2) is 13.2 Å². The molecule has 18 heavy (non-hydrogen) atoms. The zero-order valence-corrected chi connectivity index (χ0v) is 11.3. The van der Waals surface area contributed by atoms with Gasteiger partial charge in [-0.15, -0.1) is 0 Å². The van der Waals surface area contributed by atoms with Gasteiger partial charge in [0, 0.05) is 5.54 Å². The summed E-state index contributed by atoms with van der Waals surface area (Å²) in [6.45, 7) is 0. The Labute approximate surface area is 112 Å². The van der Waals surface area contributed by atoms with Crippen LogP contribution in [-0.2, 0) is 5.54 Å². The Morgan fingerprint density at radius 2 is 2.06 bits per heavy atom. The second-order valence-electron chi connectivity index (χ2n) is 5.32. The molecule has 2 saturated carbocycles. The first-order valence-corrected chi connectivity index (χ1v) is 6.84. The minimum atomic E-state index is -0.227. The van der Waals surface area contributed by atoms with Crippen molar-refractivity contribution in [2.75, 3.05) is 7.11 Å². The van der Waals surface area contributed by atoms with Gasteiger partial charge in [-0.25, -0.2) is 0 Å². The van der Waals surface area contributed by atoms with Crippen LogP contribution in [0.25, 0.3) is 0 Å². The molecular weight excluding hydrogens is 250 g/mol. The quantitative estimate of drug-likeness (QED) is 0.911. The molecule has 0 amide bonds. The van der Waals surface area contributed by atoms with Crippen LogP contribution in [0, 0.1) is 0 Å². The van der Waals surface area contributed by atoms with Crippen LogP contribution in [0.15, 0.2) is 12.1 Å². The fourth-order valence-electron chi connectivity index (χ4n) is 2.32. The number of ether oxygens (including phenoxy) is 2. The molecule has 0 unspecified atom stereocenters. The van der Waals surface area contributed by atoms with Crippen molar-refractivity contribution < 1.29 is 9.47 Å². The molecule has 2 aliphatic rings. The van der Waals surface area contributed by atoms with Crippen molar-refractivity contribution in [3.8, 4) is 11.5 Å². The standard InChI is InChI=1S/C14H18ClNO2/c1-17-12-8-9(14(16)5-2-6-14)7-11(15)13(12)18-10-3-4-10/h7-8,10H,2-6,16H2,1H3. The van der Waals surface area contributed by atoms with E-state index in [1.54, 1.807) is 7.11 Å². The average Bonchev–Trinajstić information content (AvgIpc) is 3.12. The van der Waals surface area contributed by atoms with Gasteiger partial charge >= 0.3 is 0 Å². The maximum absolute atomic E-state index is 6.33. The first kappa shape index (κ1) is 12.1. The third-order valence-corrected chi connectivity index (χ3v) is 4.14. The Bertz CT molecular complexity index is 467. The molecule has 3 nitrogen and oxygen atoms in total. The molecule has 0 spiro atoms. The second kappa shape index (κ2) is 4.32. The fourth-order valence-corrected chi connectivity index (χ4v) is 2.58. The Morgan fingerprint density at radius 3 is 2.56 bits per heavy atom. The van der Waals surface area contributed by atoms with Crippen molar-refractivity contribution in [2.45, 2.75) is 43.7 Å². The summed E-state index contributed by atoms with van der Waals surface area (Å²) in [6.07, 6.45) is 5.70. The van der Waals surface area contributed by atoms with Crippen LogP contribution in [0.5, 0.6) is 11.5 Å². The Hall–Kier alpha value is -0.930. The first-order chi connectivity index (χ1) is 8.62. The lowest BCUT2D eigenvalue weighted by Crippen LogP contribution is -2.43. The van der Waals surface area contributed by atoms with Crippen molar-refractivity contribution in [2.24, 2.45) is 5.73 Å². The number of hydrogen-bond donors (Lipinski definition) is 1. The molecule has 0 aromatic heterocycles. The molecule has 0 bridgehead atoms. The normalized spacial score (nSPS) is 21.3. The van der Waals surface area contributed by atoms with Gasteiger partial charge < -0.3 is 15.2 Å². The lowest BCUT2D eigenvalue weighted by molar-refractivity contribution is 0.250. The van der Waals surface area contributed by atoms with Gasteiger partial charge in [-0.3, -0.25) is 0 Å². The van der Waals surface area contributed by atoms with Crippen LogP contribution in [0.3, 0.4) is 0 Å². The van der Waals surface area contributed by atoms with Crippen LogP contribution in [0.4, 0.5) is 0 Å². The number of halogens is 1. The molecule has 3 rings (SSSR count). The SMILES string of the molecule is COc1cc(C2(N)CCC2)cc(Cl)c1OC1CC1. The maximum Gasteiger partial charge on any atom is 0.180 e. The van der Waals surface area contributed by atoms with Gasteiger partial charge in [0.25, 0.3) is 0 Å². The summed E-state index contributed by atoms with van der Waals surface area (Å²) in [7, 11) is 1.64. The molecule has 98 valence electrons. The molecular formula is C14H18ClNO2. The van der Waals surface area contributed by atoms with Gasteiger partial charge in [0.1, 0.15) is 0 Å². The van der Waals surface area contributed by atoms with E-state index in [-0.39, 0.29) is 5.54 Å². The zero-order valence-electron chi connectivity index (χ0n) is 10.5. The molecule has 2 fully saturated rings. The van der Waals surface area contributed by atoms with Gasteiger partial charge in [-0.2, -0.15) is 0 Å². The van der Waals surface area contributed by atoms with Gasteiger partial charge in [0.2, 0.25) is 0 Å². The molecule has 1 aromatic rings. The predicted octanol–water partition coefficient (Wildman–Crippen LogP) is 3.23. The third kappa shape index (κ3) is 2.06. The summed E-state index contributed by atoms with van der Waals surface area (Å²) >= 11 is 6.31. The Morgan fingerprint density at radius 1 is 1.33 bits per heavy atom. The monoisotopic (exact) mass is 267 g/mol. The van der Waals surface area contributed by atoms with E-state index in [2.05, 4.69) is 0 Å². The van der Waals surface area contributed by atoms with E-state index in [0.717, 1.165) is 31.2 Å². The summed E-state index contributed by atoms with van der Waals surface area (Å²) in [6, 6.07) is 3.91. The lowest BCUT2D eigenvalue weighted by Gasteiger charge is -2.39. The number of rotatable bonds is 4. The Balaban J connectivity index is 1.95. The van der Waals surface area contributed by atoms with Crippen molar-refractivity contribution in [1.29, 1.82) is 0 Å². The Kier molecular flexibility index (Phi) is 2.91. The predicted molar refractivity (Wildman–Crippen MR) is 71.4 cm³/mol. The smallest absolute Gasteiger partial charge is 0.180 e. The van der Waals surface area contributed by atoms with Gasteiger partial charge in [0.05, 0.1) is 18.2 Å². The minimum Gasteiger partial charge on any atom is -0.493 e. The van der Waals surface area contributed by atoms with Gasteiger partial charge in [-0.1, -0.05) is 11.6 Å². The molecule has 2 N–H and O–H groups in total. The van der Waals surface area contributed by atoms with Crippen molar-refractivity contribution in [3.05, 3.63) is 22.7 Å². The van der Waals surface area contributed by atoms with Crippen LogP contribution in [0.2, 0.25) is 5.02 Å². The topological polar surface area (TPSA) is 44.5 Å². The van der Waals surface area contributed by atoms with Crippen molar-refractivity contribution in [3.63, 3.8) is 0 Å². The molecule has 0 saturated heterocycles. The van der Waals surface area contributed by atoms with E-state index >= 15 is 0 Å². The zero-order chi connectivity index (χ0) is 12.8. The van der Waals surface area contributed by atoms with Gasteiger partial charge in [0.15, 0.2) is 11.5 Å². The van der Waals surface area contributed by atoms with Crippen molar-refractivity contribution in [1.82, 2.24) is 0 Å². The maximum atomic E-state index is 6.33. The summed E-state index contributed by atoms with van der Waals surface area (Å²) < 4.78 is 11.2. The molecule has 0 radical (unpaired) electrons. The minimum absolute atomic E-state index is 0.227. The highest BCUT2D eigenvalue weighted by atomic mass is 35.5. The average molecular weight is 268 g/mol. The second-order valence-corrected chi connectivity index (χ2v) is 5.72. The highest BCUT2D eigenvalue weighted by Gasteiger charge is 2.36. The molecule has 0 heterocycles. The van der Waals surface area contributed by atoms with Crippen LogP contribution >= 0.6 is 11.6 Å². The number of hydrogen-bond acceptors (Lipinski definition) is 3. The van der Waals surface area contributed by atoms with E-state index in [0.29, 0.717) is 22.6 Å². The van der Waals surface area contributed by atoms with E-state index in [1.807, 2.05) is 12.1 Å². The molecule has 0 aliphatic heterocycles. The van der Waals surface area contributed by atoms with Crippen molar-refractivity contribution >= 4 is 11.6 Å². The van der Waals surface area contributed by atoms with E-state index in [1.165, 1.54) is 6.42 Å². The summed E-state index contributed by atoms with van der Waals surface area (Å²) in [5, 5.41) is 0.605. The summed E-state index contributed by atoms with van der Waals surface area (Å²) in [4.78, 5) is 0. The summed E-state index contributed by atoms with van der Waals surface area (Å²) in [5.74, 6) is 1.36. The third-order valence-electron chi connectivity index (χ3n) is 3.86.